The van der Waals surface area contributed by atoms with Gasteiger partial charge in [-0.15, -0.1) is 0 Å². The van der Waals surface area contributed by atoms with Crippen LogP contribution in [0.4, 0.5) is 0 Å². The fraction of sp³-hybridized carbons (Fsp3) is 0.0652. The van der Waals surface area contributed by atoms with Crippen LogP contribution in [-0.2, 0) is 0 Å². The number of hydrogen-bond donors (Lipinski definition) is 0. The molecule has 0 aliphatic rings. The van der Waals surface area contributed by atoms with Gasteiger partial charge in [-0.1, -0.05) is 146 Å². The fourth-order valence-corrected chi connectivity index (χ4v) is 7.24. The van der Waals surface area contributed by atoms with Gasteiger partial charge in [0.2, 0.25) is 0 Å². The maximum atomic E-state index is 6.77. The zero-order valence-corrected chi connectivity index (χ0v) is 27.8. The Balaban J connectivity index is 1.25. The first-order chi connectivity index (χ1) is 24.6. The first-order valence-corrected chi connectivity index (χ1v) is 17.0. The van der Waals surface area contributed by atoms with E-state index in [1.54, 1.807) is 0 Å². The van der Waals surface area contributed by atoms with Crippen molar-refractivity contribution < 1.29 is 4.42 Å². The van der Waals surface area contributed by atoms with Gasteiger partial charge in [-0.3, -0.25) is 0 Å². The number of furan rings is 1. The summed E-state index contributed by atoms with van der Waals surface area (Å²) in [4.78, 5) is 15.1. The average molecular weight is 644 g/mol. The Bertz CT molecular complexity index is 2620. The molecule has 1 atom stereocenters. The second kappa shape index (κ2) is 12.2. The summed E-state index contributed by atoms with van der Waals surface area (Å²) in [5.41, 5.74) is 10.6. The maximum Gasteiger partial charge on any atom is 0.164 e. The molecule has 0 saturated heterocycles. The predicted molar refractivity (Wildman–Crippen MR) is 205 cm³/mol. The fourth-order valence-electron chi connectivity index (χ4n) is 7.24. The number of benzene rings is 7. The van der Waals surface area contributed by atoms with Gasteiger partial charge in [0, 0.05) is 38.9 Å². The second-order valence-electron chi connectivity index (χ2n) is 12.9. The highest BCUT2D eigenvalue weighted by molar-refractivity contribution is 6.13. The molecule has 2 heterocycles. The highest BCUT2D eigenvalue weighted by Gasteiger charge is 2.24. The van der Waals surface area contributed by atoms with Crippen LogP contribution in [0, 0.1) is 6.92 Å². The van der Waals surface area contributed by atoms with Crippen molar-refractivity contribution in [3.8, 4) is 45.3 Å². The summed E-state index contributed by atoms with van der Waals surface area (Å²) in [5.74, 6) is 1.91. The molecule has 0 fully saturated rings. The number of nitrogens with zero attached hydrogens (tertiary/aromatic N) is 3. The van der Waals surface area contributed by atoms with Gasteiger partial charge >= 0.3 is 0 Å². The lowest BCUT2D eigenvalue weighted by Gasteiger charge is -2.20. The van der Waals surface area contributed by atoms with Gasteiger partial charge < -0.3 is 4.42 Å². The van der Waals surface area contributed by atoms with E-state index in [-0.39, 0.29) is 5.92 Å². The molecule has 0 N–H and O–H groups in total. The second-order valence-corrected chi connectivity index (χ2v) is 12.9. The van der Waals surface area contributed by atoms with Crippen LogP contribution in [0.2, 0.25) is 0 Å². The summed E-state index contributed by atoms with van der Waals surface area (Å²) >= 11 is 0. The molecule has 4 heteroatoms. The molecule has 0 aliphatic carbocycles. The predicted octanol–water partition coefficient (Wildman–Crippen LogP) is 12.1. The molecule has 4 nitrogen and oxygen atoms in total. The zero-order chi connectivity index (χ0) is 33.6. The molecule has 2 aromatic heterocycles. The highest BCUT2D eigenvalue weighted by atomic mass is 16.3. The molecule has 0 spiro atoms. The molecule has 0 aliphatic heterocycles. The van der Waals surface area contributed by atoms with Crippen LogP contribution in [0.25, 0.3) is 78.0 Å². The van der Waals surface area contributed by atoms with Crippen molar-refractivity contribution in [3.05, 3.63) is 174 Å². The van der Waals surface area contributed by atoms with Crippen molar-refractivity contribution >= 4 is 32.7 Å². The van der Waals surface area contributed by atoms with E-state index in [9.17, 15) is 0 Å². The Morgan fingerprint density at radius 3 is 1.78 bits per heavy atom. The van der Waals surface area contributed by atoms with E-state index < -0.39 is 0 Å². The monoisotopic (exact) mass is 643 g/mol. The summed E-state index contributed by atoms with van der Waals surface area (Å²) in [5, 5.41) is 4.53. The van der Waals surface area contributed by atoms with Gasteiger partial charge in [-0.2, -0.15) is 0 Å². The first-order valence-electron chi connectivity index (χ1n) is 17.0. The maximum absolute atomic E-state index is 6.77. The van der Waals surface area contributed by atoms with Gasteiger partial charge in [-0.05, 0) is 58.1 Å². The van der Waals surface area contributed by atoms with E-state index in [0.717, 1.165) is 44.2 Å². The van der Waals surface area contributed by atoms with Gasteiger partial charge in [-0.25, -0.2) is 15.0 Å². The van der Waals surface area contributed by atoms with E-state index in [2.05, 4.69) is 98.8 Å². The molecule has 0 radical (unpaired) electrons. The van der Waals surface area contributed by atoms with E-state index in [1.165, 1.54) is 33.0 Å². The molecular weight excluding hydrogens is 611 g/mol. The van der Waals surface area contributed by atoms with Gasteiger partial charge in [0.15, 0.2) is 17.5 Å². The van der Waals surface area contributed by atoms with Crippen LogP contribution in [0.1, 0.15) is 29.5 Å². The molecule has 0 amide bonds. The lowest BCUT2D eigenvalue weighted by atomic mass is 9.84. The SMILES string of the molecule is Cc1cc2ccccc2cc1-c1ccccc1[C@@H](C)c1ccc(-c2nc(-c3ccccc3)nc(-c3ccccc3)n2)c2c1oc1ccccc12. The van der Waals surface area contributed by atoms with Crippen LogP contribution in [0.3, 0.4) is 0 Å². The zero-order valence-electron chi connectivity index (χ0n) is 27.8. The molecule has 0 unspecified atom stereocenters. The number of hydrogen-bond acceptors (Lipinski definition) is 4. The van der Waals surface area contributed by atoms with Crippen molar-refractivity contribution in [1.82, 2.24) is 15.0 Å². The average Bonchev–Trinajstić information content (AvgIpc) is 3.57. The van der Waals surface area contributed by atoms with E-state index in [1.807, 2.05) is 72.8 Å². The standard InChI is InChI=1S/C46H33N3O/c1-29-27-33-19-9-10-20-34(33)28-40(29)37-22-12-11-21-35(37)30(2)36-25-26-39(42-38-23-13-14-24-41(38)50-43(36)42)46-48-44(31-15-5-3-6-16-31)47-45(49-46)32-17-7-4-8-18-32/h3-28,30H,1-2H3/t30-/m1/s1. The molecule has 50 heavy (non-hydrogen) atoms. The summed E-state index contributed by atoms with van der Waals surface area (Å²) in [6.45, 7) is 4.48. The van der Waals surface area contributed by atoms with Gasteiger partial charge in [0.1, 0.15) is 11.2 Å². The van der Waals surface area contributed by atoms with E-state index >= 15 is 0 Å². The topological polar surface area (TPSA) is 51.8 Å². The minimum atomic E-state index is 0.0345. The van der Waals surface area contributed by atoms with Crippen molar-refractivity contribution in [2.24, 2.45) is 0 Å². The highest BCUT2D eigenvalue weighted by Crippen LogP contribution is 2.43. The molecular formula is C46H33N3O. The van der Waals surface area contributed by atoms with Crippen LogP contribution in [0.15, 0.2) is 162 Å². The normalized spacial score (nSPS) is 12.1. The Morgan fingerprint density at radius 2 is 1.06 bits per heavy atom. The van der Waals surface area contributed by atoms with Crippen molar-refractivity contribution in [1.29, 1.82) is 0 Å². The minimum absolute atomic E-state index is 0.0345. The lowest BCUT2D eigenvalue weighted by Crippen LogP contribution is -2.02. The third kappa shape index (κ3) is 5.13. The minimum Gasteiger partial charge on any atom is -0.456 e. The third-order valence-electron chi connectivity index (χ3n) is 9.77. The number of fused-ring (bicyclic) bond motifs is 4. The smallest absolute Gasteiger partial charge is 0.164 e. The van der Waals surface area contributed by atoms with Gasteiger partial charge in [0.05, 0.1) is 0 Å². The summed E-state index contributed by atoms with van der Waals surface area (Å²) < 4.78 is 6.77. The van der Waals surface area contributed by atoms with Crippen LogP contribution < -0.4 is 0 Å². The van der Waals surface area contributed by atoms with Crippen LogP contribution in [-0.4, -0.2) is 15.0 Å². The van der Waals surface area contributed by atoms with Crippen molar-refractivity contribution in [3.63, 3.8) is 0 Å². The van der Waals surface area contributed by atoms with Crippen LogP contribution in [0.5, 0.6) is 0 Å². The molecule has 238 valence electrons. The largest absolute Gasteiger partial charge is 0.456 e. The first kappa shape index (κ1) is 29.7. The third-order valence-corrected chi connectivity index (χ3v) is 9.77. The number of aromatic nitrogens is 3. The van der Waals surface area contributed by atoms with Gasteiger partial charge in [0.25, 0.3) is 0 Å². The molecule has 7 aromatic carbocycles. The van der Waals surface area contributed by atoms with E-state index in [4.69, 9.17) is 19.4 Å². The Labute approximate surface area is 290 Å². The molecule has 0 saturated carbocycles. The Kier molecular flexibility index (Phi) is 7.28. The van der Waals surface area contributed by atoms with Crippen molar-refractivity contribution in [2.75, 3.05) is 0 Å². The lowest BCUT2D eigenvalue weighted by molar-refractivity contribution is 0.659. The molecule has 9 rings (SSSR count). The Morgan fingerprint density at radius 1 is 0.480 bits per heavy atom. The number of aryl methyl sites for hydroxylation is 1. The summed E-state index contributed by atoms with van der Waals surface area (Å²) in [7, 11) is 0. The van der Waals surface area contributed by atoms with Crippen LogP contribution >= 0.6 is 0 Å². The number of para-hydroxylation sites is 1. The Hall–Kier alpha value is -6.39. The number of rotatable bonds is 6. The summed E-state index contributed by atoms with van der Waals surface area (Å²) in [6, 6.07) is 54.8. The molecule has 0 bridgehead atoms. The van der Waals surface area contributed by atoms with Crippen molar-refractivity contribution in [2.45, 2.75) is 19.8 Å². The summed E-state index contributed by atoms with van der Waals surface area (Å²) in [6.07, 6.45) is 0. The molecule has 9 aromatic rings. The van der Waals surface area contributed by atoms with E-state index in [0.29, 0.717) is 17.5 Å². The quantitative estimate of drug-likeness (QED) is 0.181.